The second-order valence-electron chi connectivity index (χ2n) is 9.43. The zero-order chi connectivity index (χ0) is 24.2. The Morgan fingerprint density at radius 1 is 1.30 bits per heavy atom. The van der Waals surface area contributed by atoms with E-state index < -0.39 is 53.0 Å². The van der Waals surface area contributed by atoms with Gasteiger partial charge >= 0.3 is 0 Å². The summed E-state index contributed by atoms with van der Waals surface area (Å²) in [6.45, 7) is 2.37. The number of primary amides is 1. The van der Waals surface area contributed by atoms with Gasteiger partial charge in [-0.1, -0.05) is 19.1 Å². The van der Waals surface area contributed by atoms with Crippen LogP contribution in [0.5, 0.6) is 5.75 Å². The highest BCUT2D eigenvalue weighted by molar-refractivity contribution is 6.24. The number of ether oxygens (including phenoxy) is 1. The number of hydrogen-bond donors (Lipinski definition) is 4. The molecule has 4 rings (SSSR count). The third kappa shape index (κ3) is 3.29. The SMILES string of the molecule is CCCOc1cccc2c1C(O)=C1C(=O)[C@]3(O)C(=O)C(C(N)=O)C(O)[C@@H](N(C)C)[C@@H]3C[C@@H]1C2. The van der Waals surface area contributed by atoms with Crippen LogP contribution in [0.4, 0.5) is 0 Å². The summed E-state index contributed by atoms with van der Waals surface area (Å²) in [5.74, 6) is -6.23. The molecule has 6 atom stereocenters. The van der Waals surface area contributed by atoms with E-state index >= 15 is 0 Å². The predicted octanol–water partition coefficient (Wildman–Crippen LogP) is 0.212. The molecule has 0 heterocycles. The van der Waals surface area contributed by atoms with Crippen LogP contribution < -0.4 is 10.5 Å². The largest absolute Gasteiger partial charge is 0.507 e. The van der Waals surface area contributed by atoms with Gasteiger partial charge in [0.1, 0.15) is 17.4 Å². The first kappa shape index (κ1) is 23.4. The number of likely N-dealkylation sites (N-methyl/N-ethyl adjacent to an activating group) is 1. The molecule has 0 radical (unpaired) electrons. The number of benzene rings is 1. The minimum absolute atomic E-state index is 0.0423. The van der Waals surface area contributed by atoms with E-state index in [2.05, 4.69) is 0 Å². The molecule has 1 amide bonds. The van der Waals surface area contributed by atoms with Crippen LogP contribution in [0.1, 0.15) is 30.9 Å². The standard InChI is InChI=1S/C24H30N2O7/c1-4-8-33-14-7-5-6-11-9-12-10-13-18(26(2)3)20(28)17(23(25)31)22(30)24(13,32)21(29)16(12)19(27)15(11)14/h5-7,12-13,17-18,20,27-28,32H,4,8-10H2,1-3H3,(H2,25,31)/t12-,13-,17?,18-,20?,24-/m0/s1. The summed E-state index contributed by atoms with van der Waals surface area (Å²) in [5, 5.41) is 33.6. The van der Waals surface area contributed by atoms with Crippen molar-refractivity contribution in [3.63, 3.8) is 0 Å². The van der Waals surface area contributed by atoms with E-state index in [4.69, 9.17) is 10.5 Å². The Hall–Kier alpha value is -2.75. The van der Waals surface area contributed by atoms with E-state index in [0.717, 1.165) is 12.0 Å². The first-order valence-corrected chi connectivity index (χ1v) is 11.2. The van der Waals surface area contributed by atoms with Crippen LogP contribution in [0, 0.1) is 17.8 Å². The topological polar surface area (TPSA) is 150 Å². The van der Waals surface area contributed by atoms with Gasteiger partial charge in [0.15, 0.2) is 11.4 Å². The maximum atomic E-state index is 13.7. The van der Waals surface area contributed by atoms with Crippen LogP contribution in [-0.2, 0) is 20.8 Å². The fourth-order valence-corrected chi connectivity index (χ4v) is 5.86. The molecule has 1 aromatic carbocycles. The zero-order valence-electron chi connectivity index (χ0n) is 18.9. The van der Waals surface area contributed by atoms with Crippen molar-refractivity contribution in [3.8, 4) is 5.75 Å². The molecule has 0 saturated heterocycles. The third-order valence-electron chi connectivity index (χ3n) is 7.27. The Bertz CT molecular complexity index is 1050. The molecule has 5 N–H and O–H groups in total. The van der Waals surface area contributed by atoms with Crippen molar-refractivity contribution in [2.45, 2.75) is 43.9 Å². The minimum Gasteiger partial charge on any atom is -0.507 e. The second kappa shape index (κ2) is 8.23. The number of ketones is 2. The molecule has 3 aliphatic carbocycles. The van der Waals surface area contributed by atoms with Crippen LogP contribution in [0.2, 0.25) is 0 Å². The number of carbonyl (C=O) groups is 3. The van der Waals surface area contributed by atoms with Gasteiger partial charge in [-0.2, -0.15) is 0 Å². The average Bonchev–Trinajstić information content (AvgIpc) is 2.74. The van der Waals surface area contributed by atoms with Gasteiger partial charge in [0.2, 0.25) is 11.7 Å². The molecule has 2 fully saturated rings. The normalized spacial score (nSPS) is 33.5. The van der Waals surface area contributed by atoms with Gasteiger partial charge in [-0.3, -0.25) is 14.4 Å². The van der Waals surface area contributed by atoms with Gasteiger partial charge in [-0.25, -0.2) is 0 Å². The molecule has 178 valence electrons. The van der Waals surface area contributed by atoms with E-state index in [-0.39, 0.29) is 17.8 Å². The Balaban J connectivity index is 1.87. The number of aliphatic hydroxyl groups is 3. The highest BCUT2D eigenvalue weighted by atomic mass is 16.5. The van der Waals surface area contributed by atoms with Crippen LogP contribution >= 0.6 is 0 Å². The van der Waals surface area contributed by atoms with Crippen LogP contribution in [-0.4, -0.2) is 76.1 Å². The van der Waals surface area contributed by atoms with Gasteiger partial charge < -0.3 is 30.7 Å². The lowest BCUT2D eigenvalue weighted by atomic mass is 9.54. The Kier molecular flexibility index (Phi) is 5.84. The molecular weight excluding hydrogens is 428 g/mol. The van der Waals surface area contributed by atoms with Crippen molar-refractivity contribution in [2.75, 3.05) is 20.7 Å². The van der Waals surface area contributed by atoms with Crippen molar-refractivity contribution in [1.29, 1.82) is 0 Å². The molecule has 0 aliphatic heterocycles. The van der Waals surface area contributed by atoms with Gasteiger partial charge in [0, 0.05) is 17.5 Å². The molecule has 2 saturated carbocycles. The molecule has 9 nitrogen and oxygen atoms in total. The number of aliphatic hydroxyl groups excluding tert-OH is 2. The van der Waals surface area contributed by atoms with E-state index in [9.17, 15) is 29.7 Å². The van der Waals surface area contributed by atoms with E-state index in [1.54, 1.807) is 25.1 Å². The number of rotatable bonds is 5. The quantitative estimate of drug-likeness (QED) is 0.458. The van der Waals surface area contributed by atoms with E-state index in [1.165, 1.54) is 0 Å². The van der Waals surface area contributed by atoms with E-state index in [0.29, 0.717) is 24.3 Å². The first-order chi connectivity index (χ1) is 15.5. The first-order valence-electron chi connectivity index (χ1n) is 11.2. The third-order valence-corrected chi connectivity index (χ3v) is 7.27. The molecule has 1 aromatic rings. The summed E-state index contributed by atoms with van der Waals surface area (Å²) in [4.78, 5) is 40.6. The molecule has 0 bridgehead atoms. The molecule has 2 unspecified atom stereocenters. The van der Waals surface area contributed by atoms with Crippen molar-refractivity contribution < 1.29 is 34.4 Å². The molecule has 33 heavy (non-hydrogen) atoms. The van der Waals surface area contributed by atoms with Crippen LogP contribution in [0.15, 0.2) is 23.8 Å². The summed E-state index contributed by atoms with van der Waals surface area (Å²) in [5.41, 5.74) is 3.94. The van der Waals surface area contributed by atoms with Gasteiger partial charge in [0.25, 0.3) is 0 Å². The Morgan fingerprint density at radius 2 is 2.00 bits per heavy atom. The summed E-state index contributed by atoms with van der Waals surface area (Å²) in [6.07, 6.45) is -0.147. The molecular formula is C24H30N2O7. The van der Waals surface area contributed by atoms with Gasteiger partial charge in [-0.15, -0.1) is 0 Å². The fourth-order valence-electron chi connectivity index (χ4n) is 5.86. The van der Waals surface area contributed by atoms with Gasteiger partial charge in [-0.05, 0) is 50.9 Å². The van der Waals surface area contributed by atoms with Gasteiger partial charge in [0.05, 0.1) is 18.3 Å². The lowest BCUT2D eigenvalue weighted by Gasteiger charge is -2.53. The predicted molar refractivity (Wildman–Crippen MR) is 118 cm³/mol. The molecule has 0 aromatic heterocycles. The number of nitrogens with two attached hydrogens (primary N) is 1. The minimum atomic E-state index is -2.58. The highest BCUT2D eigenvalue weighted by Gasteiger charge is 2.67. The second-order valence-corrected chi connectivity index (χ2v) is 9.43. The average molecular weight is 459 g/mol. The summed E-state index contributed by atoms with van der Waals surface area (Å²) >= 11 is 0. The summed E-state index contributed by atoms with van der Waals surface area (Å²) in [6, 6.07) is 4.50. The number of Topliss-reactive ketones (excluding diaryl/α,β-unsaturated/α-hetero) is 2. The molecule has 3 aliphatic rings. The number of amides is 1. The lowest BCUT2D eigenvalue weighted by Crippen LogP contribution is -2.73. The smallest absolute Gasteiger partial charge is 0.230 e. The van der Waals surface area contributed by atoms with Crippen molar-refractivity contribution in [3.05, 3.63) is 34.9 Å². The Labute approximate surface area is 191 Å². The maximum absolute atomic E-state index is 13.7. The highest BCUT2D eigenvalue weighted by Crippen LogP contribution is 2.52. The monoisotopic (exact) mass is 458 g/mol. The number of nitrogens with zero attached hydrogens (tertiary/aromatic N) is 1. The zero-order valence-corrected chi connectivity index (χ0v) is 18.9. The number of fused-ring (bicyclic) bond motifs is 3. The molecule has 0 spiro atoms. The number of hydrogen-bond acceptors (Lipinski definition) is 8. The van der Waals surface area contributed by atoms with E-state index in [1.807, 2.05) is 19.1 Å². The van der Waals surface area contributed by atoms with Crippen molar-refractivity contribution in [1.82, 2.24) is 4.90 Å². The van der Waals surface area contributed by atoms with Crippen molar-refractivity contribution in [2.24, 2.45) is 23.5 Å². The Morgan fingerprint density at radius 3 is 2.61 bits per heavy atom. The van der Waals surface area contributed by atoms with Crippen LogP contribution in [0.25, 0.3) is 5.76 Å². The maximum Gasteiger partial charge on any atom is 0.230 e. The lowest BCUT2D eigenvalue weighted by molar-refractivity contribution is -0.184. The summed E-state index contributed by atoms with van der Waals surface area (Å²) in [7, 11) is 3.28. The van der Waals surface area contributed by atoms with Crippen LogP contribution in [0.3, 0.4) is 0 Å². The number of carbonyl (C=O) groups excluding carboxylic acids is 3. The summed E-state index contributed by atoms with van der Waals surface area (Å²) < 4.78 is 5.77. The fraction of sp³-hybridized carbons (Fsp3) is 0.542. The molecule has 9 heteroatoms. The van der Waals surface area contributed by atoms with Crippen molar-refractivity contribution >= 4 is 23.2 Å².